The Morgan fingerprint density at radius 2 is 1.93 bits per heavy atom. The van der Waals surface area contributed by atoms with Gasteiger partial charge in [-0.2, -0.15) is 0 Å². The van der Waals surface area contributed by atoms with Crippen LogP contribution in [0.25, 0.3) is 0 Å². The molecule has 0 aliphatic rings. The van der Waals surface area contributed by atoms with Gasteiger partial charge in [-0.25, -0.2) is 0 Å². The number of hydrogen-bond acceptors (Lipinski definition) is 0. The molecule has 0 amide bonds. The Kier molecular flexibility index (Phi) is 6.35. The molecule has 0 bridgehead atoms. The molecule has 0 saturated carbocycles. The Bertz CT molecular complexity index is 268. The van der Waals surface area contributed by atoms with Gasteiger partial charge in [-0.3, -0.25) is 0 Å². The molecule has 0 heterocycles. The molecule has 0 spiro atoms. The van der Waals surface area contributed by atoms with E-state index in [1.807, 2.05) is 0 Å². The zero-order chi connectivity index (χ0) is 11.1. The van der Waals surface area contributed by atoms with Crippen LogP contribution in [-0.2, 0) is 6.42 Å². The van der Waals surface area contributed by atoms with E-state index in [4.69, 9.17) is 11.6 Å². The average molecular weight is 290 g/mol. The lowest BCUT2D eigenvalue weighted by atomic mass is 9.96. The van der Waals surface area contributed by atoms with E-state index < -0.39 is 0 Å². The third-order valence-electron chi connectivity index (χ3n) is 2.62. The van der Waals surface area contributed by atoms with E-state index in [9.17, 15) is 0 Å². The Morgan fingerprint density at radius 1 is 1.27 bits per heavy atom. The van der Waals surface area contributed by atoms with Gasteiger partial charge in [0.15, 0.2) is 0 Å². The highest BCUT2D eigenvalue weighted by Gasteiger charge is 2.07. The van der Waals surface area contributed by atoms with Gasteiger partial charge < -0.3 is 0 Å². The Hall–Kier alpha value is -0.0100. The second-order valence-electron chi connectivity index (χ2n) is 3.99. The first-order chi connectivity index (χ1) is 7.26. The molecule has 0 aromatic heterocycles. The Morgan fingerprint density at radius 3 is 2.47 bits per heavy atom. The maximum absolute atomic E-state index is 5.98. The van der Waals surface area contributed by atoms with Gasteiger partial charge in [-0.05, 0) is 36.5 Å². The van der Waals surface area contributed by atoms with E-state index in [1.165, 1.54) is 24.8 Å². The molecular formula is C13H18BrCl. The number of rotatable bonds is 6. The third-order valence-corrected chi connectivity index (χ3v) is 3.59. The van der Waals surface area contributed by atoms with Crippen molar-refractivity contribution >= 4 is 27.5 Å². The molecule has 1 aromatic rings. The monoisotopic (exact) mass is 288 g/mol. The summed E-state index contributed by atoms with van der Waals surface area (Å²) in [6.45, 7) is 2.23. The molecule has 1 unspecified atom stereocenters. The molecule has 0 nitrogen and oxygen atoms in total. The average Bonchev–Trinajstić information content (AvgIpc) is 2.27. The maximum atomic E-state index is 5.98. The van der Waals surface area contributed by atoms with Crippen LogP contribution >= 0.6 is 27.5 Å². The number of halogens is 2. The summed E-state index contributed by atoms with van der Waals surface area (Å²) in [5, 5.41) is 0. The fraction of sp³-hybridized carbons (Fsp3) is 0.538. The quantitative estimate of drug-likeness (QED) is 0.644. The molecule has 0 fully saturated rings. The largest absolute Gasteiger partial charge is 0.126 e. The van der Waals surface area contributed by atoms with E-state index >= 15 is 0 Å². The highest BCUT2D eigenvalue weighted by Crippen LogP contribution is 2.18. The van der Waals surface area contributed by atoms with E-state index in [1.54, 1.807) is 0 Å². The summed E-state index contributed by atoms with van der Waals surface area (Å²) < 4.78 is 1.14. The van der Waals surface area contributed by atoms with Gasteiger partial charge in [0.05, 0.1) is 0 Å². The maximum Gasteiger partial charge on any atom is 0.0254 e. The topological polar surface area (TPSA) is 0 Å². The van der Waals surface area contributed by atoms with Crippen molar-refractivity contribution in [3.05, 3.63) is 34.3 Å². The first-order valence-corrected chi connectivity index (χ1v) is 6.89. The molecule has 2 heteroatoms. The minimum atomic E-state index is 0.632. The lowest BCUT2D eigenvalue weighted by molar-refractivity contribution is 0.509. The van der Waals surface area contributed by atoms with Crippen molar-refractivity contribution in [3.63, 3.8) is 0 Å². The Balaban J connectivity index is 2.47. The van der Waals surface area contributed by atoms with Gasteiger partial charge in [0.25, 0.3) is 0 Å². The van der Waals surface area contributed by atoms with Crippen molar-refractivity contribution in [2.75, 3.05) is 5.88 Å². The molecule has 84 valence electrons. The third kappa shape index (κ3) is 5.03. The van der Waals surface area contributed by atoms with Crippen molar-refractivity contribution in [2.45, 2.75) is 32.6 Å². The van der Waals surface area contributed by atoms with E-state index in [0.29, 0.717) is 5.92 Å². The van der Waals surface area contributed by atoms with E-state index in [2.05, 4.69) is 47.1 Å². The van der Waals surface area contributed by atoms with Crippen molar-refractivity contribution in [2.24, 2.45) is 5.92 Å². The van der Waals surface area contributed by atoms with Gasteiger partial charge in [0.2, 0.25) is 0 Å². The van der Waals surface area contributed by atoms with E-state index in [0.717, 1.165) is 16.8 Å². The smallest absolute Gasteiger partial charge is 0.0254 e. The van der Waals surface area contributed by atoms with Crippen LogP contribution in [0.2, 0.25) is 0 Å². The summed E-state index contributed by atoms with van der Waals surface area (Å²) in [6.07, 6.45) is 4.90. The van der Waals surface area contributed by atoms with Crippen LogP contribution < -0.4 is 0 Å². The molecule has 1 aromatic carbocycles. The fourth-order valence-corrected chi connectivity index (χ4v) is 2.21. The number of benzene rings is 1. The Labute approximate surface area is 106 Å². The van der Waals surface area contributed by atoms with E-state index in [-0.39, 0.29) is 0 Å². The highest BCUT2D eigenvalue weighted by atomic mass is 79.9. The molecule has 0 aliphatic heterocycles. The van der Waals surface area contributed by atoms with Crippen LogP contribution in [0.15, 0.2) is 28.7 Å². The molecule has 15 heavy (non-hydrogen) atoms. The van der Waals surface area contributed by atoms with Crippen LogP contribution in [0.5, 0.6) is 0 Å². The minimum Gasteiger partial charge on any atom is -0.126 e. The summed E-state index contributed by atoms with van der Waals surface area (Å²) in [5.41, 5.74) is 1.39. The summed E-state index contributed by atoms with van der Waals surface area (Å²) >= 11 is 9.42. The zero-order valence-corrected chi connectivity index (χ0v) is 11.5. The number of alkyl halides is 1. The lowest BCUT2D eigenvalue weighted by Gasteiger charge is -2.13. The predicted octanol–water partition coefficient (Wildman–Crippen LogP) is 5.04. The molecule has 1 atom stereocenters. The molecule has 0 aliphatic carbocycles. The van der Waals surface area contributed by atoms with Crippen LogP contribution in [0, 0.1) is 5.92 Å². The SMILES string of the molecule is CCCCC(CCl)Cc1ccc(Br)cc1. The van der Waals surface area contributed by atoms with Gasteiger partial charge in [-0.1, -0.05) is 47.8 Å². The normalized spacial score (nSPS) is 12.7. The number of hydrogen-bond donors (Lipinski definition) is 0. The van der Waals surface area contributed by atoms with Gasteiger partial charge >= 0.3 is 0 Å². The van der Waals surface area contributed by atoms with Gasteiger partial charge in [-0.15, -0.1) is 11.6 Å². The molecule has 0 radical (unpaired) electrons. The van der Waals surface area contributed by atoms with Gasteiger partial charge in [0, 0.05) is 10.4 Å². The first-order valence-electron chi connectivity index (χ1n) is 5.56. The molecule has 1 rings (SSSR count). The standard InChI is InChI=1S/C13H18BrCl/c1-2-3-4-12(10-15)9-11-5-7-13(14)8-6-11/h5-8,12H,2-4,9-10H2,1H3. The summed E-state index contributed by atoms with van der Waals surface area (Å²) in [5.74, 6) is 1.41. The lowest BCUT2D eigenvalue weighted by Crippen LogP contribution is -2.06. The van der Waals surface area contributed by atoms with Crippen LogP contribution in [0.4, 0.5) is 0 Å². The van der Waals surface area contributed by atoms with Crippen LogP contribution in [-0.4, -0.2) is 5.88 Å². The summed E-state index contributed by atoms with van der Waals surface area (Å²) in [4.78, 5) is 0. The predicted molar refractivity (Wildman–Crippen MR) is 71.6 cm³/mol. The van der Waals surface area contributed by atoms with Crippen molar-refractivity contribution in [3.8, 4) is 0 Å². The molecular weight excluding hydrogens is 272 g/mol. The molecule has 0 saturated heterocycles. The first kappa shape index (κ1) is 13.1. The van der Waals surface area contributed by atoms with Crippen molar-refractivity contribution < 1.29 is 0 Å². The van der Waals surface area contributed by atoms with Crippen molar-refractivity contribution in [1.82, 2.24) is 0 Å². The molecule has 0 N–H and O–H groups in total. The van der Waals surface area contributed by atoms with Crippen molar-refractivity contribution in [1.29, 1.82) is 0 Å². The fourth-order valence-electron chi connectivity index (χ4n) is 1.68. The zero-order valence-electron chi connectivity index (χ0n) is 9.18. The second-order valence-corrected chi connectivity index (χ2v) is 5.22. The van der Waals surface area contributed by atoms with Gasteiger partial charge in [0.1, 0.15) is 0 Å². The second kappa shape index (κ2) is 7.29. The minimum absolute atomic E-state index is 0.632. The number of unbranched alkanes of at least 4 members (excludes halogenated alkanes) is 1. The summed E-state index contributed by atoms with van der Waals surface area (Å²) in [6, 6.07) is 8.55. The highest BCUT2D eigenvalue weighted by molar-refractivity contribution is 9.10. The van der Waals surface area contributed by atoms with Crippen LogP contribution in [0.3, 0.4) is 0 Å². The summed E-state index contributed by atoms with van der Waals surface area (Å²) in [7, 11) is 0. The van der Waals surface area contributed by atoms with Crippen LogP contribution in [0.1, 0.15) is 31.7 Å².